The quantitative estimate of drug-likeness (QED) is 0.748. The molecule has 0 saturated carbocycles. The van der Waals surface area contributed by atoms with E-state index in [1.807, 2.05) is 18.2 Å². The van der Waals surface area contributed by atoms with E-state index in [1.165, 1.54) is 6.07 Å². The van der Waals surface area contributed by atoms with Crippen LogP contribution in [0.1, 0.15) is 11.3 Å². The molecular formula is C13H14NO4P. The molecule has 0 bridgehead atoms. The van der Waals surface area contributed by atoms with Crippen LogP contribution in [0.2, 0.25) is 0 Å². The van der Waals surface area contributed by atoms with E-state index < -0.39 is 13.4 Å². The van der Waals surface area contributed by atoms with Crippen molar-refractivity contribution in [1.29, 1.82) is 0 Å². The molecule has 0 spiro atoms. The van der Waals surface area contributed by atoms with Gasteiger partial charge in [-0.15, -0.1) is 0 Å². The van der Waals surface area contributed by atoms with Crippen molar-refractivity contribution in [2.24, 2.45) is 5.73 Å². The van der Waals surface area contributed by atoms with Gasteiger partial charge in [0.05, 0.1) is 0 Å². The lowest BCUT2D eigenvalue weighted by atomic mass is 10.2. The lowest BCUT2D eigenvalue weighted by Crippen LogP contribution is -2.10. The molecule has 1 atom stereocenters. The number of hydrogen-bond acceptors (Lipinski definition) is 3. The Morgan fingerprint density at radius 1 is 1.00 bits per heavy atom. The fourth-order valence-electron chi connectivity index (χ4n) is 1.58. The zero-order chi connectivity index (χ0) is 13.9. The maximum atomic E-state index is 11.1. The summed E-state index contributed by atoms with van der Waals surface area (Å²) in [5, 5.41) is 0. The van der Waals surface area contributed by atoms with Crippen LogP contribution in [0.4, 0.5) is 0 Å². The van der Waals surface area contributed by atoms with Crippen molar-refractivity contribution in [1.82, 2.24) is 0 Å². The molecular weight excluding hydrogens is 265 g/mol. The summed E-state index contributed by atoms with van der Waals surface area (Å²) in [6, 6.07) is 15.5. The monoisotopic (exact) mass is 279 g/mol. The van der Waals surface area contributed by atoms with E-state index in [1.54, 1.807) is 30.3 Å². The first-order chi connectivity index (χ1) is 8.97. The van der Waals surface area contributed by atoms with E-state index in [0.717, 1.165) is 0 Å². The van der Waals surface area contributed by atoms with E-state index in [2.05, 4.69) is 0 Å². The lowest BCUT2D eigenvalue weighted by molar-refractivity contribution is 0.359. The van der Waals surface area contributed by atoms with Gasteiger partial charge in [-0.05, 0) is 29.8 Å². The molecule has 19 heavy (non-hydrogen) atoms. The second kappa shape index (κ2) is 5.55. The molecule has 2 rings (SSSR count). The highest BCUT2D eigenvalue weighted by Gasteiger charge is 2.26. The topological polar surface area (TPSA) is 92.8 Å². The van der Waals surface area contributed by atoms with Gasteiger partial charge in [-0.1, -0.05) is 30.3 Å². The molecule has 0 aliphatic heterocycles. The molecule has 0 unspecified atom stereocenters. The minimum absolute atomic E-state index is 0.335. The summed E-state index contributed by atoms with van der Waals surface area (Å²) in [6.45, 7) is 0. The highest BCUT2D eigenvalue weighted by molar-refractivity contribution is 7.52. The maximum Gasteiger partial charge on any atom is 0.346 e. The fourth-order valence-corrected chi connectivity index (χ4v) is 2.13. The largest absolute Gasteiger partial charge is 0.457 e. The van der Waals surface area contributed by atoms with Crippen LogP contribution in [0.5, 0.6) is 11.5 Å². The first kappa shape index (κ1) is 13.8. The van der Waals surface area contributed by atoms with Gasteiger partial charge in [0.25, 0.3) is 0 Å². The number of rotatable bonds is 4. The number of nitrogens with two attached hydrogens (primary N) is 1. The predicted octanol–water partition coefficient (Wildman–Crippen LogP) is 2.61. The molecule has 0 fully saturated rings. The second-order valence-electron chi connectivity index (χ2n) is 4.02. The van der Waals surface area contributed by atoms with Crippen LogP contribution in [0.3, 0.4) is 0 Å². The van der Waals surface area contributed by atoms with Gasteiger partial charge in [-0.2, -0.15) is 0 Å². The van der Waals surface area contributed by atoms with Gasteiger partial charge in [-0.3, -0.25) is 4.57 Å². The molecule has 4 N–H and O–H groups in total. The summed E-state index contributed by atoms with van der Waals surface area (Å²) in [5.41, 5.74) is 5.85. The molecule has 6 heteroatoms. The van der Waals surface area contributed by atoms with E-state index in [0.29, 0.717) is 17.1 Å². The van der Waals surface area contributed by atoms with E-state index in [4.69, 9.17) is 20.3 Å². The van der Waals surface area contributed by atoms with Crippen molar-refractivity contribution in [3.63, 3.8) is 0 Å². The van der Waals surface area contributed by atoms with Crippen LogP contribution in [0.15, 0.2) is 54.6 Å². The lowest BCUT2D eigenvalue weighted by Gasteiger charge is -2.14. The number of benzene rings is 2. The summed E-state index contributed by atoms with van der Waals surface area (Å²) < 4.78 is 16.7. The van der Waals surface area contributed by atoms with E-state index >= 15 is 0 Å². The third-order valence-corrected chi connectivity index (χ3v) is 3.56. The predicted molar refractivity (Wildman–Crippen MR) is 71.9 cm³/mol. The molecule has 0 aliphatic rings. The van der Waals surface area contributed by atoms with Crippen LogP contribution in [0.25, 0.3) is 0 Å². The average molecular weight is 279 g/mol. The maximum absolute atomic E-state index is 11.1. The Balaban J connectivity index is 2.23. The number of ether oxygens (including phenoxy) is 1. The van der Waals surface area contributed by atoms with Gasteiger partial charge in [-0.25, -0.2) is 0 Å². The van der Waals surface area contributed by atoms with Gasteiger partial charge < -0.3 is 20.3 Å². The Labute approximate surface area is 110 Å². The molecule has 0 heterocycles. The molecule has 100 valence electrons. The normalized spacial score (nSPS) is 13.0. The van der Waals surface area contributed by atoms with Crippen LogP contribution in [-0.2, 0) is 4.57 Å². The third-order valence-electron chi connectivity index (χ3n) is 2.54. The first-order valence-electron chi connectivity index (χ1n) is 5.60. The van der Waals surface area contributed by atoms with Gasteiger partial charge >= 0.3 is 7.60 Å². The molecule has 0 aromatic heterocycles. The van der Waals surface area contributed by atoms with E-state index in [9.17, 15) is 4.57 Å². The van der Waals surface area contributed by atoms with Gasteiger partial charge in [0.2, 0.25) is 0 Å². The minimum atomic E-state index is -4.36. The van der Waals surface area contributed by atoms with Gasteiger partial charge in [0, 0.05) is 0 Å². The van der Waals surface area contributed by atoms with Crippen LogP contribution in [0, 0.1) is 0 Å². The minimum Gasteiger partial charge on any atom is -0.457 e. The molecule has 0 aliphatic carbocycles. The zero-order valence-corrected chi connectivity index (χ0v) is 10.9. The standard InChI is InChI=1S/C13H14NO4P/c14-13(19(15,16)17)10-5-4-8-12(9-10)18-11-6-2-1-3-7-11/h1-9,13H,14H2,(H2,15,16,17)/t13-/m1/s1. The summed E-state index contributed by atoms with van der Waals surface area (Å²) in [4.78, 5) is 18.1. The second-order valence-corrected chi connectivity index (χ2v) is 5.76. The van der Waals surface area contributed by atoms with Crippen LogP contribution in [-0.4, -0.2) is 9.79 Å². The van der Waals surface area contributed by atoms with Crippen molar-refractivity contribution >= 4 is 7.60 Å². The van der Waals surface area contributed by atoms with Crippen molar-refractivity contribution in [2.45, 2.75) is 5.78 Å². The Bertz CT molecular complexity index is 597. The summed E-state index contributed by atoms with van der Waals surface area (Å²) in [6.07, 6.45) is 0. The first-order valence-corrected chi connectivity index (χ1v) is 7.28. The van der Waals surface area contributed by atoms with Crippen molar-refractivity contribution in [2.75, 3.05) is 0 Å². The van der Waals surface area contributed by atoms with Crippen LogP contribution >= 0.6 is 7.60 Å². The molecule has 2 aromatic rings. The highest BCUT2D eigenvalue weighted by Crippen LogP contribution is 2.48. The molecule has 2 aromatic carbocycles. The number of para-hydroxylation sites is 1. The van der Waals surface area contributed by atoms with Crippen molar-refractivity contribution in [3.8, 4) is 11.5 Å². The summed E-state index contributed by atoms with van der Waals surface area (Å²) in [7, 11) is -4.36. The van der Waals surface area contributed by atoms with Crippen LogP contribution < -0.4 is 10.5 Å². The average Bonchev–Trinajstić information content (AvgIpc) is 2.38. The van der Waals surface area contributed by atoms with Crippen molar-refractivity contribution in [3.05, 3.63) is 60.2 Å². The Hall–Kier alpha value is -1.65. The zero-order valence-electron chi connectivity index (χ0n) is 10.0. The van der Waals surface area contributed by atoms with Gasteiger partial charge in [0.1, 0.15) is 17.3 Å². The Morgan fingerprint density at radius 3 is 2.26 bits per heavy atom. The SMILES string of the molecule is N[C@@H](c1cccc(Oc2ccccc2)c1)P(=O)(O)O. The summed E-state index contributed by atoms with van der Waals surface area (Å²) in [5.74, 6) is -0.219. The third kappa shape index (κ3) is 3.66. The van der Waals surface area contributed by atoms with Gasteiger partial charge in [0.15, 0.2) is 0 Å². The highest BCUT2D eigenvalue weighted by atomic mass is 31.2. The smallest absolute Gasteiger partial charge is 0.346 e. The Kier molecular flexibility index (Phi) is 4.02. The fraction of sp³-hybridized carbons (Fsp3) is 0.0769. The van der Waals surface area contributed by atoms with Crippen molar-refractivity contribution < 1.29 is 19.1 Å². The molecule has 0 amide bonds. The molecule has 5 nitrogen and oxygen atoms in total. The molecule has 0 radical (unpaired) electrons. The number of hydrogen-bond donors (Lipinski definition) is 3. The van der Waals surface area contributed by atoms with E-state index in [-0.39, 0.29) is 0 Å². The summed E-state index contributed by atoms with van der Waals surface area (Å²) >= 11 is 0. The Morgan fingerprint density at radius 2 is 1.63 bits per heavy atom. The molecule has 0 saturated heterocycles.